The van der Waals surface area contributed by atoms with Crippen molar-refractivity contribution in [1.82, 2.24) is 0 Å². The van der Waals surface area contributed by atoms with E-state index in [2.05, 4.69) is 55.4 Å². The van der Waals surface area contributed by atoms with Gasteiger partial charge in [0.15, 0.2) is 0 Å². The SMILES string of the molecule is CCCCC(C(CC(C)C)C(C)C)C(C)(C)C. The predicted molar refractivity (Wildman–Crippen MR) is 80.3 cm³/mol. The monoisotopic (exact) mass is 240 g/mol. The van der Waals surface area contributed by atoms with E-state index in [1.807, 2.05) is 0 Å². The average molecular weight is 240 g/mol. The van der Waals surface area contributed by atoms with Gasteiger partial charge in [0, 0.05) is 0 Å². The molecule has 0 N–H and O–H groups in total. The third kappa shape index (κ3) is 6.48. The first-order valence-corrected chi connectivity index (χ1v) is 7.70. The van der Waals surface area contributed by atoms with E-state index in [1.54, 1.807) is 0 Å². The highest BCUT2D eigenvalue weighted by Crippen LogP contribution is 2.42. The molecule has 0 heteroatoms. The summed E-state index contributed by atoms with van der Waals surface area (Å²) in [7, 11) is 0. The van der Waals surface area contributed by atoms with Crippen LogP contribution in [0, 0.1) is 29.1 Å². The number of hydrogen-bond donors (Lipinski definition) is 0. The van der Waals surface area contributed by atoms with Gasteiger partial charge in [0.05, 0.1) is 0 Å². The van der Waals surface area contributed by atoms with Crippen LogP contribution in [0.2, 0.25) is 0 Å². The molecule has 0 heterocycles. The molecule has 0 fully saturated rings. The Balaban J connectivity index is 4.81. The summed E-state index contributed by atoms with van der Waals surface area (Å²) >= 11 is 0. The molecule has 0 aromatic rings. The van der Waals surface area contributed by atoms with Crippen LogP contribution in [0.15, 0.2) is 0 Å². The molecule has 0 rings (SSSR count). The van der Waals surface area contributed by atoms with Crippen molar-refractivity contribution in [3.05, 3.63) is 0 Å². The van der Waals surface area contributed by atoms with E-state index in [1.165, 1.54) is 25.7 Å². The van der Waals surface area contributed by atoms with Crippen LogP contribution >= 0.6 is 0 Å². The number of rotatable bonds is 7. The number of hydrogen-bond acceptors (Lipinski definition) is 0. The highest BCUT2D eigenvalue weighted by atomic mass is 14.4. The van der Waals surface area contributed by atoms with E-state index in [4.69, 9.17) is 0 Å². The topological polar surface area (TPSA) is 0 Å². The molecular formula is C17H36. The van der Waals surface area contributed by atoms with Crippen LogP contribution in [0.3, 0.4) is 0 Å². The fourth-order valence-electron chi connectivity index (χ4n) is 3.16. The van der Waals surface area contributed by atoms with Crippen LogP contribution in [-0.4, -0.2) is 0 Å². The van der Waals surface area contributed by atoms with E-state index in [0.29, 0.717) is 5.41 Å². The molecule has 0 saturated heterocycles. The highest BCUT2D eigenvalue weighted by Gasteiger charge is 2.33. The summed E-state index contributed by atoms with van der Waals surface area (Å²) in [6, 6.07) is 0. The quantitative estimate of drug-likeness (QED) is 0.500. The lowest BCUT2D eigenvalue weighted by molar-refractivity contribution is 0.0927. The van der Waals surface area contributed by atoms with Gasteiger partial charge in [-0.1, -0.05) is 68.2 Å². The zero-order valence-electron chi connectivity index (χ0n) is 13.6. The van der Waals surface area contributed by atoms with E-state index in [9.17, 15) is 0 Å². The van der Waals surface area contributed by atoms with Crippen LogP contribution in [0.5, 0.6) is 0 Å². The second kappa shape index (κ2) is 7.44. The maximum absolute atomic E-state index is 2.43. The van der Waals surface area contributed by atoms with Crippen molar-refractivity contribution < 1.29 is 0 Å². The lowest BCUT2D eigenvalue weighted by atomic mass is 9.65. The first-order valence-electron chi connectivity index (χ1n) is 7.70. The van der Waals surface area contributed by atoms with Gasteiger partial charge in [-0.2, -0.15) is 0 Å². The molecule has 0 spiro atoms. The fourth-order valence-corrected chi connectivity index (χ4v) is 3.16. The van der Waals surface area contributed by atoms with Crippen molar-refractivity contribution in [1.29, 1.82) is 0 Å². The number of unbranched alkanes of at least 4 members (excludes halogenated alkanes) is 1. The van der Waals surface area contributed by atoms with Gasteiger partial charge in [0.25, 0.3) is 0 Å². The molecule has 0 aliphatic rings. The molecule has 0 nitrogen and oxygen atoms in total. The van der Waals surface area contributed by atoms with Gasteiger partial charge in [-0.05, 0) is 41.9 Å². The van der Waals surface area contributed by atoms with Gasteiger partial charge in [-0.15, -0.1) is 0 Å². The first kappa shape index (κ1) is 17.0. The smallest absolute Gasteiger partial charge is 0.0334 e. The minimum atomic E-state index is 0.457. The summed E-state index contributed by atoms with van der Waals surface area (Å²) in [4.78, 5) is 0. The molecule has 17 heavy (non-hydrogen) atoms. The Labute approximate surface area is 111 Å². The lowest BCUT2D eigenvalue weighted by Gasteiger charge is -2.40. The zero-order valence-corrected chi connectivity index (χ0v) is 13.6. The zero-order chi connectivity index (χ0) is 13.6. The van der Waals surface area contributed by atoms with Crippen molar-refractivity contribution >= 4 is 0 Å². The summed E-state index contributed by atoms with van der Waals surface area (Å²) in [5, 5.41) is 0. The van der Waals surface area contributed by atoms with Gasteiger partial charge in [-0.3, -0.25) is 0 Å². The van der Waals surface area contributed by atoms with Gasteiger partial charge >= 0.3 is 0 Å². The van der Waals surface area contributed by atoms with Crippen LogP contribution in [0.1, 0.15) is 81.1 Å². The summed E-state index contributed by atoms with van der Waals surface area (Å²) in [6.07, 6.45) is 5.53. The third-order valence-corrected chi connectivity index (χ3v) is 4.10. The van der Waals surface area contributed by atoms with Crippen molar-refractivity contribution in [2.24, 2.45) is 29.1 Å². The molecular weight excluding hydrogens is 204 g/mol. The van der Waals surface area contributed by atoms with E-state index < -0.39 is 0 Å². The maximum atomic E-state index is 2.43. The minimum Gasteiger partial charge on any atom is -0.0654 e. The third-order valence-electron chi connectivity index (χ3n) is 4.10. The standard InChI is InChI=1S/C17H36/c1-9-10-11-16(17(6,7)8)15(14(4)5)12-13(2)3/h13-16H,9-12H2,1-8H3. The highest BCUT2D eigenvalue weighted by molar-refractivity contribution is 4.83. The molecule has 0 aromatic heterocycles. The van der Waals surface area contributed by atoms with E-state index in [-0.39, 0.29) is 0 Å². The lowest BCUT2D eigenvalue weighted by Crippen LogP contribution is -2.32. The van der Waals surface area contributed by atoms with Crippen molar-refractivity contribution in [3.63, 3.8) is 0 Å². The summed E-state index contributed by atoms with van der Waals surface area (Å²) in [6.45, 7) is 19.2. The molecule has 0 saturated carbocycles. The Kier molecular flexibility index (Phi) is 7.44. The van der Waals surface area contributed by atoms with Crippen LogP contribution in [-0.2, 0) is 0 Å². The molecule has 0 aliphatic carbocycles. The molecule has 104 valence electrons. The van der Waals surface area contributed by atoms with Gasteiger partial charge < -0.3 is 0 Å². The largest absolute Gasteiger partial charge is 0.0654 e. The second-order valence-electron chi connectivity index (χ2n) is 7.65. The van der Waals surface area contributed by atoms with Crippen LogP contribution < -0.4 is 0 Å². The summed E-state index contributed by atoms with van der Waals surface area (Å²) in [5.41, 5.74) is 0.457. The molecule has 0 amide bonds. The average Bonchev–Trinajstić information content (AvgIpc) is 2.13. The van der Waals surface area contributed by atoms with Gasteiger partial charge in [0.2, 0.25) is 0 Å². The van der Waals surface area contributed by atoms with Crippen molar-refractivity contribution in [2.75, 3.05) is 0 Å². The van der Waals surface area contributed by atoms with E-state index >= 15 is 0 Å². The molecule has 0 bridgehead atoms. The fraction of sp³-hybridized carbons (Fsp3) is 1.00. The van der Waals surface area contributed by atoms with Crippen molar-refractivity contribution in [2.45, 2.75) is 81.1 Å². The van der Waals surface area contributed by atoms with Crippen LogP contribution in [0.4, 0.5) is 0 Å². The predicted octanol–water partition coefficient (Wildman–Crippen LogP) is 6.16. The molecule has 0 aliphatic heterocycles. The Morgan fingerprint density at radius 3 is 1.76 bits per heavy atom. The van der Waals surface area contributed by atoms with E-state index in [0.717, 1.165) is 23.7 Å². The van der Waals surface area contributed by atoms with Gasteiger partial charge in [-0.25, -0.2) is 0 Å². The molecule has 2 atom stereocenters. The minimum absolute atomic E-state index is 0.457. The summed E-state index contributed by atoms with van der Waals surface area (Å²) in [5.74, 6) is 3.42. The van der Waals surface area contributed by atoms with Crippen LogP contribution in [0.25, 0.3) is 0 Å². The normalized spacial score (nSPS) is 16.6. The van der Waals surface area contributed by atoms with Crippen molar-refractivity contribution in [3.8, 4) is 0 Å². The second-order valence-corrected chi connectivity index (χ2v) is 7.65. The Hall–Kier alpha value is 0. The summed E-state index contributed by atoms with van der Waals surface area (Å²) < 4.78 is 0. The first-order chi connectivity index (χ1) is 7.70. The van der Waals surface area contributed by atoms with Gasteiger partial charge in [0.1, 0.15) is 0 Å². The Morgan fingerprint density at radius 2 is 1.47 bits per heavy atom. The maximum Gasteiger partial charge on any atom is -0.0334 e. The molecule has 2 unspecified atom stereocenters. The molecule has 0 radical (unpaired) electrons. The Bertz CT molecular complexity index is 183. The molecule has 0 aromatic carbocycles. The Morgan fingerprint density at radius 1 is 0.941 bits per heavy atom.